The highest BCUT2D eigenvalue weighted by Crippen LogP contribution is 2.20. The Balaban J connectivity index is 3.25. The third-order valence-electron chi connectivity index (χ3n) is 5.52. The van der Waals surface area contributed by atoms with E-state index in [2.05, 4.69) is 39.7 Å². The van der Waals surface area contributed by atoms with Gasteiger partial charge in [0.2, 0.25) is 0 Å². The van der Waals surface area contributed by atoms with Gasteiger partial charge in [-0.05, 0) is 19.5 Å². The molecule has 0 saturated heterocycles. The van der Waals surface area contributed by atoms with Crippen molar-refractivity contribution >= 4 is 15.4 Å². The van der Waals surface area contributed by atoms with Crippen molar-refractivity contribution in [1.29, 1.82) is 0 Å². The van der Waals surface area contributed by atoms with Gasteiger partial charge in [0.05, 0.1) is 7.59 Å². The van der Waals surface area contributed by atoms with Gasteiger partial charge in [-0.3, -0.25) is 0 Å². The van der Waals surface area contributed by atoms with Crippen LogP contribution in [0.3, 0.4) is 0 Å². The predicted molar refractivity (Wildman–Crippen MR) is 112 cm³/mol. The summed E-state index contributed by atoms with van der Waals surface area (Å²) in [5, 5.41) is 0. The molecule has 0 spiro atoms. The summed E-state index contributed by atoms with van der Waals surface area (Å²) in [6.45, 7) is 15.5. The van der Waals surface area contributed by atoms with Crippen LogP contribution < -0.4 is 0 Å². The van der Waals surface area contributed by atoms with Crippen LogP contribution in [0, 0.1) is 0 Å². The SMILES string of the molecule is CCCCCCCCCCCCCCCO[Si](C)(C)[Si](C)(C)C. The molecule has 0 bridgehead atoms. The van der Waals surface area contributed by atoms with Gasteiger partial charge in [-0.1, -0.05) is 104 Å². The molecule has 23 heavy (non-hydrogen) atoms. The minimum absolute atomic E-state index is 1.02. The van der Waals surface area contributed by atoms with E-state index in [0.717, 1.165) is 6.61 Å². The Morgan fingerprint density at radius 2 is 0.870 bits per heavy atom. The normalized spacial score (nSPS) is 12.8. The van der Waals surface area contributed by atoms with Gasteiger partial charge in [0, 0.05) is 6.61 Å². The average Bonchev–Trinajstić information content (AvgIpc) is 2.46. The molecule has 0 amide bonds. The standard InChI is InChI=1S/C20H46OSi2/c1-7-8-9-10-11-12-13-14-15-16-17-18-19-20-21-23(5,6)22(2,3)4/h7-20H2,1-6H3. The largest absolute Gasteiger partial charge is 0.420 e. The van der Waals surface area contributed by atoms with Gasteiger partial charge in [0.1, 0.15) is 0 Å². The quantitative estimate of drug-likeness (QED) is 0.203. The summed E-state index contributed by atoms with van der Waals surface area (Å²) in [4.78, 5) is 0. The van der Waals surface area contributed by atoms with Crippen molar-refractivity contribution in [2.45, 2.75) is 123 Å². The molecule has 0 N–H and O–H groups in total. The maximum Gasteiger partial charge on any atom is 0.173 e. The first-order chi connectivity index (χ1) is 10.8. The summed E-state index contributed by atoms with van der Waals surface area (Å²) in [7, 11) is -2.44. The van der Waals surface area contributed by atoms with Crippen LogP contribution in [0.25, 0.3) is 0 Å². The van der Waals surface area contributed by atoms with Gasteiger partial charge in [-0.25, -0.2) is 0 Å². The lowest BCUT2D eigenvalue weighted by molar-refractivity contribution is 0.304. The summed E-state index contributed by atoms with van der Waals surface area (Å²) in [5.74, 6) is 0. The first-order valence-electron chi connectivity index (χ1n) is 10.4. The monoisotopic (exact) mass is 358 g/mol. The third kappa shape index (κ3) is 13.4. The lowest BCUT2D eigenvalue weighted by Crippen LogP contribution is -2.54. The highest BCUT2D eigenvalue weighted by atomic mass is 29.3. The highest BCUT2D eigenvalue weighted by molar-refractivity contribution is 7.37. The lowest BCUT2D eigenvalue weighted by Gasteiger charge is -2.34. The maximum absolute atomic E-state index is 6.29. The smallest absolute Gasteiger partial charge is 0.173 e. The molecule has 140 valence electrons. The Morgan fingerprint density at radius 1 is 0.522 bits per heavy atom. The van der Waals surface area contributed by atoms with E-state index < -0.39 is 15.4 Å². The van der Waals surface area contributed by atoms with Gasteiger partial charge in [-0.15, -0.1) is 0 Å². The second kappa shape index (κ2) is 13.7. The molecule has 0 atom stereocenters. The first kappa shape index (κ1) is 23.4. The molecule has 0 aromatic rings. The van der Waals surface area contributed by atoms with E-state index in [1.165, 1.54) is 83.5 Å². The van der Waals surface area contributed by atoms with E-state index in [-0.39, 0.29) is 0 Å². The molecule has 0 fully saturated rings. The van der Waals surface area contributed by atoms with Crippen molar-refractivity contribution in [1.82, 2.24) is 0 Å². The zero-order chi connectivity index (χ0) is 17.6. The Morgan fingerprint density at radius 3 is 1.22 bits per heavy atom. The van der Waals surface area contributed by atoms with Crippen LogP contribution in [0.1, 0.15) is 90.4 Å². The van der Waals surface area contributed by atoms with Gasteiger partial charge < -0.3 is 4.43 Å². The fraction of sp³-hybridized carbons (Fsp3) is 1.00. The Bertz CT molecular complexity index is 259. The molecule has 0 heterocycles. The summed E-state index contributed by atoms with van der Waals surface area (Å²) in [6.07, 6.45) is 18.5. The van der Waals surface area contributed by atoms with E-state index in [4.69, 9.17) is 4.43 Å². The van der Waals surface area contributed by atoms with Crippen molar-refractivity contribution in [3.8, 4) is 0 Å². The molecule has 0 aromatic carbocycles. The van der Waals surface area contributed by atoms with Crippen molar-refractivity contribution in [2.75, 3.05) is 6.61 Å². The summed E-state index contributed by atoms with van der Waals surface area (Å²) >= 11 is 0. The van der Waals surface area contributed by atoms with Crippen molar-refractivity contribution in [3.63, 3.8) is 0 Å². The van der Waals surface area contributed by atoms with Crippen LogP contribution in [-0.4, -0.2) is 22.0 Å². The summed E-state index contributed by atoms with van der Waals surface area (Å²) in [5.41, 5.74) is 0. The Hall–Kier alpha value is 0.394. The van der Waals surface area contributed by atoms with Crippen LogP contribution in [-0.2, 0) is 4.43 Å². The van der Waals surface area contributed by atoms with E-state index in [1.807, 2.05) is 0 Å². The van der Waals surface area contributed by atoms with Gasteiger partial charge in [0.15, 0.2) is 7.83 Å². The summed E-state index contributed by atoms with van der Waals surface area (Å²) < 4.78 is 6.29. The van der Waals surface area contributed by atoms with Crippen LogP contribution in [0.15, 0.2) is 0 Å². The van der Waals surface area contributed by atoms with E-state index in [9.17, 15) is 0 Å². The van der Waals surface area contributed by atoms with E-state index >= 15 is 0 Å². The molecule has 0 unspecified atom stereocenters. The molecular formula is C20H46OSi2. The zero-order valence-corrected chi connectivity index (χ0v) is 19.3. The topological polar surface area (TPSA) is 9.23 Å². The first-order valence-corrected chi connectivity index (χ1v) is 17.9. The van der Waals surface area contributed by atoms with Crippen LogP contribution >= 0.6 is 0 Å². The van der Waals surface area contributed by atoms with E-state index in [1.54, 1.807) is 0 Å². The highest BCUT2D eigenvalue weighted by Gasteiger charge is 2.38. The number of hydrogen-bond acceptors (Lipinski definition) is 1. The van der Waals surface area contributed by atoms with Crippen LogP contribution in [0.2, 0.25) is 32.7 Å². The maximum atomic E-state index is 6.29. The Kier molecular flexibility index (Phi) is 13.9. The fourth-order valence-electron chi connectivity index (χ4n) is 2.66. The Labute approximate surface area is 149 Å². The predicted octanol–water partition coefficient (Wildman–Crippen LogP) is 7.72. The fourth-order valence-corrected chi connectivity index (χ4v) is 5.36. The minimum Gasteiger partial charge on any atom is -0.420 e. The molecule has 1 nitrogen and oxygen atoms in total. The van der Waals surface area contributed by atoms with Crippen molar-refractivity contribution in [2.24, 2.45) is 0 Å². The number of hydrogen-bond donors (Lipinski definition) is 0. The van der Waals surface area contributed by atoms with Crippen LogP contribution in [0.4, 0.5) is 0 Å². The molecule has 0 aliphatic carbocycles. The van der Waals surface area contributed by atoms with Gasteiger partial charge in [-0.2, -0.15) is 0 Å². The van der Waals surface area contributed by atoms with Crippen molar-refractivity contribution in [3.05, 3.63) is 0 Å². The minimum atomic E-state index is -1.37. The molecule has 0 aliphatic heterocycles. The summed E-state index contributed by atoms with van der Waals surface area (Å²) in [6, 6.07) is 0. The van der Waals surface area contributed by atoms with Gasteiger partial charge >= 0.3 is 0 Å². The molecular weight excluding hydrogens is 312 g/mol. The van der Waals surface area contributed by atoms with Gasteiger partial charge in [0.25, 0.3) is 0 Å². The lowest BCUT2D eigenvalue weighted by atomic mass is 10.0. The van der Waals surface area contributed by atoms with Crippen LogP contribution in [0.5, 0.6) is 0 Å². The number of unbranched alkanes of at least 4 members (excludes halogenated alkanes) is 12. The second-order valence-electron chi connectivity index (χ2n) is 8.85. The zero-order valence-electron chi connectivity index (χ0n) is 17.3. The molecule has 0 aromatic heterocycles. The molecule has 0 rings (SSSR count). The molecule has 3 heteroatoms. The molecule has 0 radical (unpaired) electrons. The number of rotatable bonds is 16. The van der Waals surface area contributed by atoms with E-state index in [0.29, 0.717) is 0 Å². The molecule has 0 aliphatic rings. The average molecular weight is 359 g/mol. The van der Waals surface area contributed by atoms with Crippen molar-refractivity contribution < 1.29 is 4.43 Å². The second-order valence-corrected chi connectivity index (χ2v) is 24.8. The molecule has 0 saturated carbocycles. The third-order valence-corrected chi connectivity index (χ3v) is 21.3.